The van der Waals surface area contributed by atoms with Crippen molar-refractivity contribution in [2.75, 3.05) is 6.61 Å². The SMILES string of the molecule is CCOC(=O)Cc1csc(C2CCC(C(C)(C)C)CC2)n1. The summed E-state index contributed by atoms with van der Waals surface area (Å²) in [6.45, 7) is 9.31. The van der Waals surface area contributed by atoms with Crippen LogP contribution in [0, 0.1) is 11.3 Å². The average molecular weight is 309 g/mol. The molecule has 1 aliphatic carbocycles. The molecule has 0 radical (unpaired) electrons. The molecule has 118 valence electrons. The van der Waals surface area contributed by atoms with Crippen LogP contribution < -0.4 is 0 Å². The van der Waals surface area contributed by atoms with Crippen molar-refractivity contribution in [1.82, 2.24) is 4.98 Å². The molecule has 1 heterocycles. The van der Waals surface area contributed by atoms with Crippen LogP contribution in [0.1, 0.15) is 70.0 Å². The molecule has 3 nitrogen and oxygen atoms in total. The number of carbonyl (C=O) groups excluding carboxylic acids is 1. The van der Waals surface area contributed by atoms with Gasteiger partial charge in [-0.2, -0.15) is 0 Å². The van der Waals surface area contributed by atoms with Gasteiger partial charge in [0, 0.05) is 11.3 Å². The summed E-state index contributed by atoms with van der Waals surface area (Å²) in [7, 11) is 0. The Hall–Kier alpha value is -0.900. The maximum atomic E-state index is 11.5. The van der Waals surface area contributed by atoms with E-state index < -0.39 is 0 Å². The molecule has 1 saturated carbocycles. The van der Waals surface area contributed by atoms with E-state index in [4.69, 9.17) is 4.74 Å². The van der Waals surface area contributed by atoms with E-state index in [0.717, 1.165) is 11.6 Å². The molecule has 1 aromatic rings. The van der Waals surface area contributed by atoms with Crippen LogP contribution in [0.4, 0.5) is 0 Å². The molecule has 0 saturated heterocycles. The van der Waals surface area contributed by atoms with Gasteiger partial charge in [0.2, 0.25) is 0 Å². The molecule has 0 spiro atoms. The van der Waals surface area contributed by atoms with Gasteiger partial charge in [0.25, 0.3) is 0 Å². The smallest absolute Gasteiger partial charge is 0.311 e. The summed E-state index contributed by atoms with van der Waals surface area (Å²) in [4.78, 5) is 16.2. The summed E-state index contributed by atoms with van der Waals surface area (Å²) >= 11 is 1.71. The van der Waals surface area contributed by atoms with E-state index in [1.54, 1.807) is 11.3 Å². The Bertz CT molecular complexity index is 467. The van der Waals surface area contributed by atoms with Crippen molar-refractivity contribution in [2.45, 2.75) is 65.7 Å². The first-order valence-electron chi connectivity index (χ1n) is 8.00. The second-order valence-corrected chi connectivity index (χ2v) is 7.96. The largest absolute Gasteiger partial charge is 0.466 e. The molecule has 4 heteroatoms. The summed E-state index contributed by atoms with van der Waals surface area (Å²) in [6, 6.07) is 0. The number of ether oxygens (including phenoxy) is 1. The maximum absolute atomic E-state index is 11.5. The number of aromatic nitrogens is 1. The lowest BCUT2D eigenvalue weighted by molar-refractivity contribution is -0.142. The Morgan fingerprint density at radius 1 is 1.33 bits per heavy atom. The predicted molar refractivity (Wildman–Crippen MR) is 86.6 cm³/mol. The number of thiazole rings is 1. The zero-order chi connectivity index (χ0) is 15.5. The van der Waals surface area contributed by atoms with Gasteiger partial charge >= 0.3 is 5.97 Å². The predicted octanol–water partition coefficient (Wildman–Crippen LogP) is 4.57. The van der Waals surface area contributed by atoms with Crippen molar-refractivity contribution >= 4 is 17.3 Å². The highest BCUT2D eigenvalue weighted by molar-refractivity contribution is 7.09. The topological polar surface area (TPSA) is 39.2 Å². The zero-order valence-electron chi connectivity index (χ0n) is 13.6. The molecule has 1 aromatic heterocycles. The van der Waals surface area contributed by atoms with E-state index in [-0.39, 0.29) is 5.97 Å². The lowest BCUT2D eigenvalue weighted by Gasteiger charge is -2.36. The van der Waals surface area contributed by atoms with Gasteiger partial charge in [0.15, 0.2) is 0 Å². The molecule has 0 amide bonds. The van der Waals surface area contributed by atoms with Gasteiger partial charge in [-0.15, -0.1) is 11.3 Å². The molecular formula is C17H27NO2S. The minimum absolute atomic E-state index is 0.175. The Kier molecular flexibility index (Phi) is 5.42. The first kappa shape index (κ1) is 16.5. The molecule has 21 heavy (non-hydrogen) atoms. The van der Waals surface area contributed by atoms with Crippen molar-refractivity contribution in [3.05, 3.63) is 16.1 Å². The van der Waals surface area contributed by atoms with Gasteiger partial charge in [-0.1, -0.05) is 20.8 Å². The second-order valence-electron chi connectivity index (χ2n) is 7.07. The lowest BCUT2D eigenvalue weighted by Crippen LogP contribution is -2.25. The van der Waals surface area contributed by atoms with Gasteiger partial charge in [-0.3, -0.25) is 4.79 Å². The van der Waals surface area contributed by atoms with Crippen LogP contribution in [-0.4, -0.2) is 17.6 Å². The molecule has 1 fully saturated rings. The van der Waals surface area contributed by atoms with Crippen LogP contribution in [-0.2, 0) is 16.0 Å². The molecular weight excluding hydrogens is 282 g/mol. The third-order valence-electron chi connectivity index (χ3n) is 4.50. The summed E-state index contributed by atoms with van der Waals surface area (Å²) < 4.78 is 4.98. The summed E-state index contributed by atoms with van der Waals surface area (Å²) in [5.74, 6) is 1.24. The number of nitrogens with zero attached hydrogens (tertiary/aromatic N) is 1. The minimum Gasteiger partial charge on any atom is -0.466 e. The number of esters is 1. The van der Waals surface area contributed by atoms with E-state index in [9.17, 15) is 4.79 Å². The van der Waals surface area contributed by atoms with E-state index in [1.807, 2.05) is 12.3 Å². The van der Waals surface area contributed by atoms with Crippen molar-refractivity contribution in [2.24, 2.45) is 11.3 Å². The Balaban J connectivity index is 1.90. The van der Waals surface area contributed by atoms with Gasteiger partial charge in [0.1, 0.15) is 0 Å². The van der Waals surface area contributed by atoms with Crippen molar-refractivity contribution < 1.29 is 9.53 Å². The molecule has 2 rings (SSSR count). The molecule has 0 bridgehead atoms. The minimum atomic E-state index is -0.175. The molecule has 0 unspecified atom stereocenters. The van der Waals surface area contributed by atoms with Gasteiger partial charge in [0.05, 0.1) is 23.7 Å². The Morgan fingerprint density at radius 2 is 2.00 bits per heavy atom. The molecule has 0 atom stereocenters. The first-order valence-corrected chi connectivity index (χ1v) is 8.88. The van der Waals surface area contributed by atoms with E-state index in [0.29, 0.717) is 24.4 Å². The third kappa shape index (κ3) is 4.53. The van der Waals surface area contributed by atoms with Gasteiger partial charge in [-0.05, 0) is 43.9 Å². The summed E-state index contributed by atoms with van der Waals surface area (Å²) in [5.41, 5.74) is 1.29. The average Bonchev–Trinajstić information content (AvgIpc) is 2.86. The highest BCUT2D eigenvalue weighted by Crippen LogP contribution is 2.43. The lowest BCUT2D eigenvalue weighted by atomic mass is 9.70. The van der Waals surface area contributed by atoms with Crippen LogP contribution in [0.5, 0.6) is 0 Å². The Morgan fingerprint density at radius 3 is 2.57 bits per heavy atom. The molecule has 1 aliphatic rings. The quantitative estimate of drug-likeness (QED) is 0.765. The van der Waals surface area contributed by atoms with E-state index >= 15 is 0 Å². The standard InChI is InChI=1S/C17H27NO2S/c1-5-20-15(19)10-14-11-21-16(18-14)12-6-8-13(9-7-12)17(2,3)4/h11-13H,5-10H2,1-4H3. The highest BCUT2D eigenvalue weighted by atomic mass is 32.1. The fourth-order valence-corrected chi connectivity index (χ4v) is 4.15. The van der Waals surface area contributed by atoms with Crippen LogP contribution in [0.3, 0.4) is 0 Å². The molecule has 0 N–H and O–H groups in total. The fourth-order valence-electron chi connectivity index (χ4n) is 3.16. The summed E-state index contributed by atoms with van der Waals surface area (Å²) in [5, 5.41) is 3.23. The number of hydrogen-bond donors (Lipinski definition) is 0. The van der Waals surface area contributed by atoms with Gasteiger partial charge in [-0.25, -0.2) is 4.98 Å². The first-order chi connectivity index (χ1) is 9.90. The van der Waals surface area contributed by atoms with Crippen LogP contribution in [0.25, 0.3) is 0 Å². The van der Waals surface area contributed by atoms with Crippen molar-refractivity contribution in [1.29, 1.82) is 0 Å². The van der Waals surface area contributed by atoms with Gasteiger partial charge < -0.3 is 4.74 Å². The highest BCUT2D eigenvalue weighted by Gasteiger charge is 2.31. The third-order valence-corrected chi connectivity index (χ3v) is 5.56. The van der Waals surface area contributed by atoms with E-state index in [2.05, 4.69) is 25.8 Å². The van der Waals surface area contributed by atoms with Crippen LogP contribution in [0.15, 0.2) is 5.38 Å². The van der Waals surface area contributed by atoms with E-state index in [1.165, 1.54) is 30.7 Å². The summed E-state index contributed by atoms with van der Waals surface area (Å²) in [6.07, 6.45) is 5.35. The van der Waals surface area contributed by atoms with Crippen LogP contribution in [0.2, 0.25) is 0 Å². The molecule has 0 aromatic carbocycles. The van der Waals surface area contributed by atoms with Crippen molar-refractivity contribution in [3.8, 4) is 0 Å². The number of hydrogen-bond acceptors (Lipinski definition) is 4. The monoisotopic (exact) mass is 309 g/mol. The zero-order valence-corrected chi connectivity index (χ0v) is 14.5. The Labute approximate surface area is 132 Å². The van der Waals surface area contributed by atoms with Crippen LogP contribution >= 0.6 is 11.3 Å². The molecule has 0 aliphatic heterocycles. The second kappa shape index (κ2) is 6.91. The number of carbonyl (C=O) groups is 1. The normalized spacial score (nSPS) is 23.0. The van der Waals surface area contributed by atoms with Crippen molar-refractivity contribution in [3.63, 3.8) is 0 Å². The number of rotatable bonds is 4. The fraction of sp³-hybridized carbons (Fsp3) is 0.765. The maximum Gasteiger partial charge on any atom is 0.311 e.